The molecule has 8 unspecified atom stereocenters. The Morgan fingerprint density at radius 3 is 2.46 bits per heavy atom. The molecule has 4 aliphatic rings. The number of hydrogen-bond donors (Lipinski definition) is 8. The highest BCUT2D eigenvalue weighted by molar-refractivity contribution is 5.87. The molecule has 3 heterocycles. The Kier molecular flexibility index (Phi) is 7.45. The topological polar surface area (TPSA) is 225 Å². The van der Waals surface area contributed by atoms with Crippen LogP contribution in [0.1, 0.15) is 19.8 Å². The molecule has 0 spiro atoms. The van der Waals surface area contributed by atoms with Crippen LogP contribution < -0.4 is 0 Å². The molecule has 12 atom stereocenters. The molecule has 0 amide bonds. The molecule has 14 nitrogen and oxygen atoms in total. The van der Waals surface area contributed by atoms with E-state index in [1.807, 2.05) is 0 Å². The fraction of sp³-hybridized carbons (Fsp3) is 0.857. The smallest absolute Gasteiger partial charge is 0.334 e. The zero-order chi connectivity index (χ0) is 25.7. The van der Waals surface area contributed by atoms with Gasteiger partial charge in [0.1, 0.15) is 36.1 Å². The van der Waals surface area contributed by atoms with Crippen LogP contribution in [0.5, 0.6) is 0 Å². The van der Waals surface area contributed by atoms with E-state index in [9.17, 15) is 45.6 Å². The van der Waals surface area contributed by atoms with Crippen LogP contribution in [0.25, 0.3) is 0 Å². The van der Waals surface area contributed by atoms with Crippen LogP contribution in [0.4, 0.5) is 0 Å². The molecule has 0 bridgehead atoms. The lowest BCUT2D eigenvalue weighted by Gasteiger charge is -2.44. The first-order valence-electron chi connectivity index (χ1n) is 11.3. The molecule has 8 N–H and O–H groups in total. The van der Waals surface area contributed by atoms with Crippen molar-refractivity contribution < 1.29 is 69.3 Å². The van der Waals surface area contributed by atoms with Gasteiger partial charge in [0.05, 0.1) is 43.2 Å². The van der Waals surface area contributed by atoms with Crippen LogP contribution >= 0.6 is 0 Å². The maximum atomic E-state index is 11.6. The van der Waals surface area contributed by atoms with Crippen LogP contribution in [0.3, 0.4) is 0 Å². The van der Waals surface area contributed by atoms with Crippen LogP contribution in [-0.2, 0) is 28.5 Å². The van der Waals surface area contributed by atoms with Gasteiger partial charge in [0.25, 0.3) is 0 Å². The van der Waals surface area contributed by atoms with Crippen molar-refractivity contribution in [1.82, 2.24) is 0 Å². The number of rotatable bonds is 7. The molecule has 0 radical (unpaired) electrons. The second kappa shape index (κ2) is 9.79. The van der Waals surface area contributed by atoms with Gasteiger partial charge in [-0.1, -0.05) is 0 Å². The van der Waals surface area contributed by atoms with Crippen molar-refractivity contribution in [3.05, 3.63) is 11.8 Å². The van der Waals surface area contributed by atoms with Crippen molar-refractivity contribution in [1.29, 1.82) is 0 Å². The highest BCUT2D eigenvalue weighted by Crippen LogP contribution is 2.49. The van der Waals surface area contributed by atoms with E-state index in [4.69, 9.17) is 23.7 Å². The maximum absolute atomic E-state index is 11.6. The lowest BCUT2D eigenvalue weighted by Crippen LogP contribution is -2.61. The van der Waals surface area contributed by atoms with E-state index in [1.165, 1.54) is 6.92 Å². The van der Waals surface area contributed by atoms with Gasteiger partial charge in [-0.2, -0.15) is 0 Å². The van der Waals surface area contributed by atoms with Gasteiger partial charge in [-0.15, -0.1) is 0 Å². The molecule has 14 heteroatoms. The summed E-state index contributed by atoms with van der Waals surface area (Å²) in [7, 11) is 0. The quantitative estimate of drug-likeness (QED) is 0.166. The van der Waals surface area contributed by atoms with Crippen molar-refractivity contribution >= 4 is 5.97 Å². The molecule has 0 aromatic carbocycles. The van der Waals surface area contributed by atoms with Gasteiger partial charge in [-0.25, -0.2) is 4.79 Å². The van der Waals surface area contributed by atoms with E-state index in [2.05, 4.69) is 0 Å². The zero-order valence-corrected chi connectivity index (χ0v) is 18.9. The number of carboxylic acids is 1. The minimum Gasteiger partial charge on any atom is -0.478 e. The number of hydrogen-bond acceptors (Lipinski definition) is 13. The summed E-state index contributed by atoms with van der Waals surface area (Å²) >= 11 is 0. The fourth-order valence-corrected chi connectivity index (χ4v) is 5.12. The van der Waals surface area contributed by atoms with Gasteiger partial charge in [-0.3, -0.25) is 0 Å². The van der Waals surface area contributed by atoms with E-state index < -0.39 is 98.2 Å². The number of ether oxygens (including phenoxy) is 5. The molecule has 200 valence electrons. The summed E-state index contributed by atoms with van der Waals surface area (Å²) in [6.07, 6.45) is -10.5. The van der Waals surface area contributed by atoms with Gasteiger partial charge >= 0.3 is 5.97 Å². The molecular formula is C21H32O14. The Morgan fingerprint density at radius 1 is 1.11 bits per heavy atom. The molecule has 3 aliphatic heterocycles. The number of aliphatic hydroxyl groups is 7. The second-order valence-electron chi connectivity index (χ2n) is 9.78. The van der Waals surface area contributed by atoms with E-state index >= 15 is 0 Å². The monoisotopic (exact) mass is 508 g/mol. The van der Waals surface area contributed by atoms with Gasteiger partial charge in [0.15, 0.2) is 12.6 Å². The van der Waals surface area contributed by atoms with Crippen LogP contribution in [0.2, 0.25) is 0 Å². The first-order chi connectivity index (χ1) is 16.4. The molecule has 0 aromatic rings. The molecule has 1 saturated carbocycles. The first-order valence-corrected chi connectivity index (χ1v) is 11.3. The van der Waals surface area contributed by atoms with E-state index in [1.54, 1.807) is 0 Å². The third-order valence-electron chi connectivity index (χ3n) is 7.32. The third kappa shape index (κ3) is 4.81. The highest BCUT2D eigenvalue weighted by Gasteiger charge is 2.56. The first kappa shape index (κ1) is 26.6. The Hall–Kier alpha value is -1.43. The summed E-state index contributed by atoms with van der Waals surface area (Å²) in [6.45, 7) is -0.116. The average Bonchev–Trinajstić information content (AvgIpc) is 3.29. The van der Waals surface area contributed by atoms with E-state index in [-0.39, 0.29) is 12.0 Å². The number of fused-ring (bicyclic) bond motifs is 1. The van der Waals surface area contributed by atoms with E-state index in [0.717, 1.165) is 6.26 Å². The summed E-state index contributed by atoms with van der Waals surface area (Å²) < 4.78 is 27.3. The van der Waals surface area contributed by atoms with Gasteiger partial charge < -0.3 is 64.5 Å². The van der Waals surface area contributed by atoms with Crippen molar-refractivity contribution in [2.24, 2.45) is 11.8 Å². The molecular weight excluding hydrogens is 476 g/mol. The summed E-state index contributed by atoms with van der Waals surface area (Å²) in [5.41, 5.74) is -3.28. The lowest BCUT2D eigenvalue weighted by atomic mass is 9.81. The summed E-state index contributed by atoms with van der Waals surface area (Å²) in [6, 6.07) is 0. The summed E-state index contributed by atoms with van der Waals surface area (Å²) in [5, 5.41) is 80.8. The Balaban J connectivity index is 1.44. The van der Waals surface area contributed by atoms with Gasteiger partial charge in [-0.05, 0) is 19.8 Å². The van der Waals surface area contributed by atoms with Gasteiger partial charge in [0, 0.05) is 5.92 Å². The molecule has 1 aliphatic carbocycles. The lowest BCUT2D eigenvalue weighted by molar-refractivity contribution is -0.350. The number of carbonyl (C=O) groups is 1. The van der Waals surface area contributed by atoms with Crippen molar-refractivity contribution in [3.8, 4) is 0 Å². The van der Waals surface area contributed by atoms with Crippen LogP contribution in [0, 0.1) is 11.8 Å². The zero-order valence-electron chi connectivity index (χ0n) is 18.9. The standard InChI is InChI=1S/C21H32O14/c1-20(29)3-2-8-9(16(27)28)4-31-17(11(8)20)35-18-14(25)13(24)12(23)10(34-18)5-32-19-15(26)21(30,6-22)7-33-19/h4,8,10-15,17-19,22-26,29-30H,2-3,5-7H2,1H3,(H,27,28)/t8-,10?,11-,12?,13?,14?,15?,17+,18?,19?,20+,21?/m0/s1. The predicted molar refractivity (Wildman–Crippen MR) is 109 cm³/mol. The summed E-state index contributed by atoms with van der Waals surface area (Å²) in [4.78, 5) is 11.6. The molecule has 2 saturated heterocycles. The predicted octanol–water partition coefficient (Wildman–Crippen LogP) is -3.63. The van der Waals surface area contributed by atoms with E-state index in [0.29, 0.717) is 6.42 Å². The fourth-order valence-electron chi connectivity index (χ4n) is 5.12. The Morgan fingerprint density at radius 2 is 1.83 bits per heavy atom. The molecule has 4 rings (SSSR count). The van der Waals surface area contributed by atoms with Crippen molar-refractivity contribution in [2.75, 3.05) is 19.8 Å². The Labute approximate surface area is 199 Å². The average molecular weight is 508 g/mol. The maximum Gasteiger partial charge on any atom is 0.334 e. The normalized spacial score (nSPS) is 49.9. The number of aliphatic hydroxyl groups excluding tert-OH is 5. The Bertz CT molecular complexity index is 818. The third-order valence-corrected chi connectivity index (χ3v) is 7.32. The molecule has 0 aromatic heterocycles. The summed E-state index contributed by atoms with van der Waals surface area (Å²) in [5.74, 6) is -2.58. The number of carboxylic acid groups (broad SMARTS) is 1. The minimum atomic E-state index is -1.92. The minimum absolute atomic E-state index is 0.0163. The van der Waals surface area contributed by atoms with Gasteiger partial charge in [0.2, 0.25) is 6.29 Å². The highest BCUT2D eigenvalue weighted by atomic mass is 16.8. The second-order valence-corrected chi connectivity index (χ2v) is 9.78. The molecule has 35 heavy (non-hydrogen) atoms. The largest absolute Gasteiger partial charge is 0.478 e. The molecule has 3 fully saturated rings. The van der Waals surface area contributed by atoms with Crippen molar-refractivity contribution in [3.63, 3.8) is 0 Å². The SMILES string of the molecule is C[C@@]1(O)CC[C@H]2C(C(=O)O)=CO[C@H](OC3OC(COC4OCC(O)(CO)C4O)C(O)C(O)C3O)[C@H]21. The van der Waals surface area contributed by atoms with Crippen molar-refractivity contribution in [2.45, 2.75) is 80.4 Å². The number of aliphatic carboxylic acids is 1. The van der Waals surface area contributed by atoms with Crippen LogP contribution in [0.15, 0.2) is 11.8 Å². The van der Waals surface area contributed by atoms with Crippen LogP contribution in [-0.4, -0.2) is 127 Å².